The highest BCUT2D eigenvalue weighted by molar-refractivity contribution is 5.79. The Kier molecular flexibility index (Phi) is 4.92. The third-order valence-electron chi connectivity index (χ3n) is 4.74. The highest BCUT2D eigenvalue weighted by Crippen LogP contribution is 2.20. The molecule has 0 saturated carbocycles. The number of carbonyl (C=O) groups is 1. The van der Waals surface area contributed by atoms with Gasteiger partial charge >= 0.3 is 0 Å². The third kappa shape index (κ3) is 4.19. The molecular formula is C22H22N2O3. The first-order valence-corrected chi connectivity index (χ1v) is 9.17. The van der Waals surface area contributed by atoms with E-state index in [0.29, 0.717) is 24.7 Å². The molecule has 5 nitrogen and oxygen atoms in total. The van der Waals surface area contributed by atoms with Gasteiger partial charge in [0.25, 0.3) is 5.91 Å². The van der Waals surface area contributed by atoms with E-state index in [0.717, 1.165) is 22.9 Å². The van der Waals surface area contributed by atoms with Gasteiger partial charge < -0.3 is 14.4 Å². The summed E-state index contributed by atoms with van der Waals surface area (Å²) in [4.78, 5) is 18.7. The molecule has 1 atom stereocenters. The molecule has 0 spiro atoms. The van der Waals surface area contributed by atoms with E-state index < -0.39 is 0 Å². The first-order valence-electron chi connectivity index (χ1n) is 9.17. The zero-order valence-corrected chi connectivity index (χ0v) is 15.3. The van der Waals surface area contributed by atoms with E-state index in [1.54, 1.807) is 4.90 Å². The highest BCUT2D eigenvalue weighted by Gasteiger charge is 2.28. The molecule has 1 unspecified atom stereocenters. The molecule has 1 saturated heterocycles. The van der Waals surface area contributed by atoms with Gasteiger partial charge in [-0.1, -0.05) is 35.9 Å². The van der Waals surface area contributed by atoms with Crippen molar-refractivity contribution >= 4 is 16.8 Å². The fourth-order valence-corrected chi connectivity index (χ4v) is 3.21. The molecule has 1 aliphatic rings. The number of likely N-dealkylation sites (tertiary alicyclic amines) is 1. The summed E-state index contributed by atoms with van der Waals surface area (Å²) in [5.74, 6) is 1.29. The van der Waals surface area contributed by atoms with Crippen LogP contribution in [0.5, 0.6) is 11.6 Å². The van der Waals surface area contributed by atoms with E-state index in [-0.39, 0.29) is 18.6 Å². The van der Waals surface area contributed by atoms with Crippen LogP contribution in [0.25, 0.3) is 10.9 Å². The molecule has 2 heterocycles. The Morgan fingerprint density at radius 2 is 1.93 bits per heavy atom. The highest BCUT2D eigenvalue weighted by atomic mass is 16.5. The summed E-state index contributed by atoms with van der Waals surface area (Å²) in [5.41, 5.74) is 2.07. The summed E-state index contributed by atoms with van der Waals surface area (Å²) in [6.45, 7) is 3.30. The van der Waals surface area contributed by atoms with Gasteiger partial charge in [0, 0.05) is 24.4 Å². The van der Waals surface area contributed by atoms with Crippen molar-refractivity contribution < 1.29 is 14.3 Å². The maximum Gasteiger partial charge on any atom is 0.260 e. The van der Waals surface area contributed by atoms with E-state index >= 15 is 0 Å². The van der Waals surface area contributed by atoms with Gasteiger partial charge in [-0.15, -0.1) is 0 Å². The number of amides is 1. The van der Waals surface area contributed by atoms with Gasteiger partial charge in [-0.3, -0.25) is 4.79 Å². The predicted octanol–water partition coefficient (Wildman–Crippen LogP) is 3.60. The summed E-state index contributed by atoms with van der Waals surface area (Å²) in [6, 6.07) is 19.5. The maximum atomic E-state index is 12.4. The van der Waals surface area contributed by atoms with Crippen LogP contribution in [0, 0.1) is 6.92 Å². The SMILES string of the molecule is Cc1ccc(OCC(=O)N2CCC(Oc3ccc4ccccc4n3)C2)cc1. The first kappa shape index (κ1) is 17.3. The van der Waals surface area contributed by atoms with Crippen molar-refractivity contribution in [2.24, 2.45) is 0 Å². The van der Waals surface area contributed by atoms with Crippen molar-refractivity contribution in [3.8, 4) is 11.6 Å². The lowest BCUT2D eigenvalue weighted by molar-refractivity contribution is -0.132. The fourth-order valence-electron chi connectivity index (χ4n) is 3.21. The van der Waals surface area contributed by atoms with Crippen molar-refractivity contribution in [1.82, 2.24) is 9.88 Å². The summed E-state index contributed by atoms with van der Waals surface area (Å²) >= 11 is 0. The quantitative estimate of drug-likeness (QED) is 0.696. The summed E-state index contributed by atoms with van der Waals surface area (Å²) in [7, 11) is 0. The van der Waals surface area contributed by atoms with E-state index in [4.69, 9.17) is 9.47 Å². The van der Waals surface area contributed by atoms with Crippen LogP contribution in [0.2, 0.25) is 0 Å². The Morgan fingerprint density at radius 1 is 1.11 bits per heavy atom. The zero-order chi connectivity index (χ0) is 18.6. The zero-order valence-electron chi connectivity index (χ0n) is 15.3. The van der Waals surface area contributed by atoms with Crippen LogP contribution in [0.3, 0.4) is 0 Å². The molecule has 1 aliphatic heterocycles. The van der Waals surface area contributed by atoms with Crippen LogP contribution in [-0.4, -0.2) is 41.6 Å². The molecule has 27 heavy (non-hydrogen) atoms. The average Bonchev–Trinajstić information content (AvgIpc) is 3.16. The van der Waals surface area contributed by atoms with E-state index in [2.05, 4.69) is 4.98 Å². The monoisotopic (exact) mass is 362 g/mol. The fraction of sp³-hybridized carbons (Fsp3) is 0.273. The van der Waals surface area contributed by atoms with Gasteiger partial charge in [-0.2, -0.15) is 0 Å². The Labute approximate surface area is 158 Å². The van der Waals surface area contributed by atoms with Gasteiger partial charge in [-0.05, 0) is 31.2 Å². The maximum absolute atomic E-state index is 12.4. The van der Waals surface area contributed by atoms with Gasteiger partial charge in [-0.25, -0.2) is 4.98 Å². The lowest BCUT2D eigenvalue weighted by Gasteiger charge is -2.17. The number of fused-ring (bicyclic) bond motifs is 1. The molecule has 1 amide bonds. The Morgan fingerprint density at radius 3 is 2.78 bits per heavy atom. The standard InChI is InChI=1S/C22H22N2O3/c1-16-6-9-18(10-7-16)26-15-22(25)24-13-12-19(14-24)27-21-11-8-17-4-2-3-5-20(17)23-21/h2-11,19H,12-15H2,1H3. The van der Waals surface area contributed by atoms with Gasteiger partial charge in [0.2, 0.25) is 5.88 Å². The van der Waals surface area contributed by atoms with Crippen molar-refractivity contribution in [2.45, 2.75) is 19.4 Å². The van der Waals surface area contributed by atoms with E-state index in [9.17, 15) is 4.79 Å². The van der Waals surface area contributed by atoms with Gasteiger partial charge in [0.15, 0.2) is 6.61 Å². The number of nitrogens with zero attached hydrogens (tertiary/aromatic N) is 2. The number of hydrogen-bond acceptors (Lipinski definition) is 4. The molecule has 0 N–H and O–H groups in total. The van der Waals surface area contributed by atoms with Crippen LogP contribution in [0.1, 0.15) is 12.0 Å². The minimum atomic E-state index is -0.0398. The number of carbonyl (C=O) groups excluding carboxylic acids is 1. The molecule has 3 aromatic rings. The molecule has 1 aromatic heterocycles. The predicted molar refractivity (Wildman–Crippen MR) is 104 cm³/mol. The van der Waals surface area contributed by atoms with E-state index in [1.165, 1.54) is 0 Å². The van der Waals surface area contributed by atoms with Crippen molar-refractivity contribution in [3.05, 3.63) is 66.2 Å². The van der Waals surface area contributed by atoms with Crippen LogP contribution in [0.4, 0.5) is 0 Å². The van der Waals surface area contributed by atoms with Crippen molar-refractivity contribution in [1.29, 1.82) is 0 Å². The first-order chi connectivity index (χ1) is 13.2. The van der Waals surface area contributed by atoms with Crippen LogP contribution >= 0.6 is 0 Å². The second kappa shape index (κ2) is 7.66. The number of hydrogen-bond donors (Lipinski definition) is 0. The van der Waals surface area contributed by atoms with Crippen molar-refractivity contribution in [2.75, 3.05) is 19.7 Å². The minimum absolute atomic E-state index is 0.0202. The Balaban J connectivity index is 1.31. The van der Waals surface area contributed by atoms with Gasteiger partial charge in [0.05, 0.1) is 12.1 Å². The Hall–Kier alpha value is -3.08. The van der Waals surface area contributed by atoms with Crippen LogP contribution in [0.15, 0.2) is 60.7 Å². The molecule has 5 heteroatoms. The number of benzene rings is 2. The molecule has 138 valence electrons. The number of ether oxygens (including phenoxy) is 2. The average molecular weight is 362 g/mol. The second-order valence-corrected chi connectivity index (χ2v) is 6.81. The third-order valence-corrected chi connectivity index (χ3v) is 4.74. The summed E-state index contributed by atoms with van der Waals surface area (Å²) in [6.07, 6.45) is 0.757. The van der Waals surface area contributed by atoms with E-state index in [1.807, 2.05) is 67.6 Å². The number of para-hydroxylation sites is 1. The van der Waals surface area contributed by atoms with Crippen LogP contribution in [-0.2, 0) is 4.79 Å². The number of aromatic nitrogens is 1. The minimum Gasteiger partial charge on any atom is -0.484 e. The largest absolute Gasteiger partial charge is 0.484 e. The summed E-state index contributed by atoms with van der Waals surface area (Å²) in [5, 5.41) is 1.08. The molecule has 4 rings (SSSR count). The lowest BCUT2D eigenvalue weighted by Crippen LogP contribution is -2.34. The van der Waals surface area contributed by atoms with Gasteiger partial charge in [0.1, 0.15) is 11.9 Å². The Bertz CT molecular complexity index is 940. The lowest BCUT2D eigenvalue weighted by atomic mass is 10.2. The molecule has 2 aromatic carbocycles. The number of rotatable bonds is 5. The normalized spacial score (nSPS) is 16.5. The molecule has 0 aliphatic carbocycles. The molecular weight excluding hydrogens is 340 g/mol. The molecule has 0 radical (unpaired) electrons. The summed E-state index contributed by atoms with van der Waals surface area (Å²) < 4.78 is 11.6. The second-order valence-electron chi connectivity index (χ2n) is 6.81. The van der Waals surface area contributed by atoms with Crippen molar-refractivity contribution in [3.63, 3.8) is 0 Å². The molecule has 1 fully saturated rings. The topological polar surface area (TPSA) is 51.7 Å². The number of aryl methyl sites for hydroxylation is 1. The molecule has 0 bridgehead atoms. The number of pyridine rings is 1. The smallest absolute Gasteiger partial charge is 0.260 e. The van der Waals surface area contributed by atoms with Crippen LogP contribution < -0.4 is 9.47 Å².